The molecule has 0 aromatic heterocycles. The van der Waals surface area contributed by atoms with Crippen molar-refractivity contribution in [3.63, 3.8) is 0 Å². The first kappa shape index (κ1) is 29.7. The third-order valence-corrected chi connectivity index (χ3v) is 8.57. The van der Waals surface area contributed by atoms with Gasteiger partial charge in [0.2, 0.25) is 11.8 Å². The fourth-order valence-corrected chi connectivity index (χ4v) is 5.77. The van der Waals surface area contributed by atoms with E-state index in [2.05, 4.69) is 21.2 Å². The first-order valence-electron chi connectivity index (χ1n) is 12.2. The quantitative estimate of drug-likeness (QED) is 0.305. The highest BCUT2D eigenvalue weighted by atomic mass is 79.9. The van der Waals surface area contributed by atoms with Gasteiger partial charge >= 0.3 is 0 Å². The Morgan fingerprint density at radius 1 is 1.03 bits per heavy atom. The van der Waals surface area contributed by atoms with Crippen LogP contribution in [0.5, 0.6) is 0 Å². The van der Waals surface area contributed by atoms with Crippen LogP contribution in [-0.2, 0) is 26.2 Å². The highest BCUT2D eigenvalue weighted by molar-refractivity contribution is 9.10. The van der Waals surface area contributed by atoms with Crippen LogP contribution in [-0.4, -0.2) is 44.3 Å². The molecule has 0 saturated heterocycles. The van der Waals surface area contributed by atoms with Gasteiger partial charge in [-0.2, -0.15) is 0 Å². The van der Waals surface area contributed by atoms with Gasteiger partial charge in [0, 0.05) is 22.6 Å². The van der Waals surface area contributed by atoms with E-state index in [-0.39, 0.29) is 17.3 Å². The van der Waals surface area contributed by atoms with Gasteiger partial charge in [0.15, 0.2) is 0 Å². The lowest BCUT2D eigenvalue weighted by molar-refractivity contribution is -0.139. The van der Waals surface area contributed by atoms with Crippen LogP contribution in [0.4, 0.5) is 5.69 Å². The zero-order valence-corrected chi connectivity index (χ0v) is 24.7. The number of aryl methyl sites for hydroxylation is 1. The van der Waals surface area contributed by atoms with Gasteiger partial charge in [-0.3, -0.25) is 13.9 Å². The number of hydrogen-bond donors (Lipinski definition) is 1. The highest BCUT2D eigenvalue weighted by Crippen LogP contribution is 2.30. The number of benzene rings is 3. The fraction of sp³-hybridized carbons (Fsp3) is 0.286. The van der Waals surface area contributed by atoms with Crippen LogP contribution in [0, 0.1) is 6.92 Å². The summed E-state index contributed by atoms with van der Waals surface area (Å²) in [6, 6.07) is 19.4. The molecule has 202 valence electrons. The normalized spacial score (nSPS) is 12.0. The second-order valence-electron chi connectivity index (χ2n) is 8.87. The second-order valence-corrected chi connectivity index (χ2v) is 12.1. The number of rotatable bonds is 11. The molecule has 0 spiro atoms. The van der Waals surface area contributed by atoms with E-state index in [1.54, 1.807) is 44.2 Å². The Bertz CT molecular complexity index is 1370. The Kier molecular flexibility index (Phi) is 10.4. The number of nitrogens with one attached hydrogen (secondary N) is 1. The van der Waals surface area contributed by atoms with Crippen molar-refractivity contribution in [1.82, 2.24) is 10.2 Å². The minimum absolute atomic E-state index is 0.0420. The lowest BCUT2D eigenvalue weighted by Gasteiger charge is -2.32. The molecule has 0 saturated carbocycles. The number of sulfonamides is 1. The van der Waals surface area contributed by atoms with E-state index in [0.717, 1.165) is 20.8 Å². The van der Waals surface area contributed by atoms with Gasteiger partial charge in [-0.1, -0.05) is 70.9 Å². The van der Waals surface area contributed by atoms with Gasteiger partial charge in [0.1, 0.15) is 12.6 Å². The van der Waals surface area contributed by atoms with Gasteiger partial charge in [0.05, 0.1) is 10.6 Å². The van der Waals surface area contributed by atoms with Crippen molar-refractivity contribution < 1.29 is 18.0 Å². The SMILES string of the molecule is CCCNC(=O)[C@@H](C)N(Cc1ccc(Br)cc1)C(=O)CN(c1cc(Cl)ccc1C)S(=O)(=O)c1ccccc1. The summed E-state index contributed by atoms with van der Waals surface area (Å²) in [6.45, 7) is 5.42. The van der Waals surface area contributed by atoms with Crippen molar-refractivity contribution in [2.24, 2.45) is 0 Å². The van der Waals surface area contributed by atoms with Gasteiger partial charge in [-0.25, -0.2) is 8.42 Å². The molecule has 2 amide bonds. The Morgan fingerprint density at radius 3 is 2.32 bits per heavy atom. The number of halogens is 2. The summed E-state index contributed by atoms with van der Waals surface area (Å²) in [6.07, 6.45) is 0.746. The Morgan fingerprint density at radius 2 is 1.68 bits per heavy atom. The van der Waals surface area contributed by atoms with Crippen LogP contribution >= 0.6 is 27.5 Å². The summed E-state index contributed by atoms with van der Waals surface area (Å²) in [5.74, 6) is -0.834. The van der Waals surface area contributed by atoms with Crippen LogP contribution in [0.3, 0.4) is 0 Å². The summed E-state index contributed by atoms with van der Waals surface area (Å²) >= 11 is 9.65. The van der Waals surface area contributed by atoms with E-state index in [1.807, 2.05) is 31.2 Å². The van der Waals surface area contributed by atoms with Gasteiger partial charge in [-0.15, -0.1) is 0 Å². The van der Waals surface area contributed by atoms with E-state index in [1.165, 1.54) is 23.1 Å². The molecule has 38 heavy (non-hydrogen) atoms. The molecule has 10 heteroatoms. The zero-order valence-electron chi connectivity index (χ0n) is 21.5. The van der Waals surface area contributed by atoms with Crippen LogP contribution < -0.4 is 9.62 Å². The monoisotopic (exact) mass is 619 g/mol. The van der Waals surface area contributed by atoms with Crippen molar-refractivity contribution in [3.05, 3.63) is 93.4 Å². The van der Waals surface area contributed by atoms with E-state index in [0.29, 0.717) is 22.8 Å². The summed E-state index contributed by atoms with van der Waals surface area (Å²) in [7, 11) is -4.14. The summed E-state index contributed by atoms with van der Waals surface area (Å²) in [5.41, 5.74) is 1.73. The van der Waals surface area contributed by atoms with Crippen LogP contribution in [0.2, 0.25) is 5.02 Å². The topological polar surface area (TPSA) is 86.8 Å². The molecule has 0 unspecified atom stereocenters. The molecule has 3 rings (SSSR count). The Hall–Kier alpha value is -2.88. The molecule has 3 aromatic rings. The predicted molar refractivity (Wildman–Crippen MR) is 155 cm³/mol. The van der Waals surface area contributed by atoms with Crippen molar-refractivity contribution in [3.8, 4) is 0 Å². The summed E-state index contributed by atoms with van der Waals surface area (Å²) in [5, 5.41) is 3.17. The van der Waals surface area contributed by atoms with E-state index >= 15 is 0 Å². The standard InChI is InChI=1S/C28H31BrClN3O4S/c1-4-16-31-28(35)21(3)32(18-22-11-13-23(29)14-12-22)27(34)19-33(26-17-24(30)15-10-20(26)2)38(36,37)25-8-6-5-7-9-25/h5-15,17,21H,4,16,18-19H2,1-3H3,(H,31,35)/t21-/m1/s1. The van der Waals surface area contributed by atoms with Gasteiger partial charge < -0.3 is 10.2 Å². The largest absolute Gasteiger partial charge is 0.354 e. The molecule has 3 aromatic carbocycles. The molecule has 0 heterocycles. The minimum Gasteiger partial charge on any atom is -0.354 e. The third-order valence-electron chi connectivity index (χ3n) is 6.03. The molecule has 0 aliphatic rings. The van der Waals surface area contributed by atoms with Gasteiger partial charge in [0.25, 0.3) is 10.0 Å². The lowest BCUT2D eigenvalue weighted by Crippen LogP contribution is -2.51. The number of carbonyl (C=O) groups excluding carboxylic acids is 2. The van der Waals surface area contributed by atoms with Crippen molar-refractivity contribution in [1.29, 1.82) is 0 Å². The van der Waals surface area contributed by atoms with Crippen LogP contribution in [0.15, 0.2) is 82.2 Å². The smallest absolute Gasteiger partial charge is 0.264 e. The number of amides is 2. The van der Waals surface area contributed by atoms with Gasteiger partial charge in [-0.05, 0) is 67.8 Å². The Balaban J connectivity index is 2.04. The minimum atomic E-state index is -4.14. The average molecular weight is 621 g/mol. The molecule has 0 radical (unpaired) electrons. The molecule has 0 aliphatic heterocycles. The first-order valence-corrected chi connectivity index (χ1v) is 14.8. The average Bonchev–Trinajstić information content (AvgIpc) is 2.91. The summed E-state index contributed by atoms with van der Waals surface area (Å²) < 4.78 is 29.6. The highest BCUT2D eigenvalue weighted by Gasteiger charge is 2.33. The molecular weight excluding hydrogens is 590 g/mol. The maximum Gasteiger partial charge on any atom is 0.264 e. The van der Waals surface area contributed by atoms with Crippen molar-refractivity contribution in [2.45, 2.75) is 44.7 Å². The van der Waals surface area contributed by atoms with Crippen LogP contribution in [0.1, 0.15) is 31.4 Å². The second kappa shape index (κ2) is 13.3. The molecule has 0 fully saturated rings. The first-order chi connectivity index (χ1) is 18.0. The summed E-state index contributed by atoms with van der Waals surface area (Å²) in [4.78, 5) is 28.2. The maximum atomic E-state index is 13.9. The van der Waals surface area contributed by atoms with E-state index in [4.69, 9.17) is 11.6 Å². The zero-order chi connectivity index (χ0) is 27.9. The van der Waals surface area contributed by atoms with Crippen molar-refractivity contribution >= 4 is 55.1 Å². The number of hydrogen-bond acceptors (Lipinski definition) is 4. The predicted octanol–water partition coefficient (Wildman–Crippen LogP) is 5.55. The third kappa shape index (κ3) is 7.36. The lowest BCUT2D eigenvalue weighted by atomic mass is 10.1. The van der Waals surface area contributed by atoms with E-state index in [9.17, 15) is 18.0 Å². The molecule has 0 aliphatic carbocycles. The number of anilines is 1. The van der Waals surface area contributed by atoms with Crippen LogP contribution in [0.25, 0.3) is 0 Å². The molecular formula is C28H31BrClN3O4S. The number of nitrogens with zero attached hydrogens (tertiary/aromatic N) is 2. The molecule has 0 bridgehead atoms. The van der Waals surface area contributed by atoms with E-state index < -0.39 is 28.5 Å². The van der Waals surface area contributed by atoms with Crippen molar-refractivity contribution in [2.75, 3.05) is 17.4 Å². The maximum absolute atomic E-state index is 13.9. The fourth-order valence-electron chi connectivity index (χ4n) is 3.85. The number of carbonyl (C=O) groups is 2. The Labute approximate surface area is 238 Å². The molecule has 1 atom stereocenters. The molecule has 7 nitrogen and oxygen atoms in total. The molecule has 1 N–H and O–H groups in total.